The van der Waals surface area contributed by atoms with Crippen LogP contribution in [-0.2, 0) is 6.61 Å². The van der Waals surface area contributed by atoms with Crippen molar-refractivity contribution in [3.8, 4) is 17.3 Å². The fraction of sp³-hybridized carbons (Fsp3) is 0.182. The lowest BCUT2D eigenvalue weighted by atomic mass is 10.1. The highest BCUT2D eigenvalue weighted by molar-refractivity contribution is 5.56. The summed E-state index contributed by atoms with van der Waals surface area (Å²) in [6.07, 6.45) is 0. The largest absolute Gasteiger partial charge is 0.467 e. The Bertz CT molecular complexity index is 1190. The molecule has 30 heavy (non-hydrogen) atoms. The van der Waals surface area contributed by atoms with E-state index in [-0.39, 0.29) is 18.3 Å². The van der Waals surface area contributed by atoms with E-state index >= 15 is 0 Å². The summed E-state index contributed by atoms with van der Waals surface area (Å²) in [5, 5.41) is 7.06. The molecule has 0 fully saturated rings. The molecule has 0 bridgehead atoms. The first-order valence-electron chi connectivity index (χ1n) is 9.37. The van der Waals surface area contributed by atoms with Crippen LogP contribution in [0.3, 0.4) is 0 Å². The molecule has 2 aromatic carbocycles. The number of nitrogens with zero attached hydrogens (tertiary/aromatic N) is 4. The van der Waals surface area contributed by atoms with Gasteiger partial charge in [-0.05, 0) is 56.2 Å². The molecule has 0 unspecified atom stereocenters. The normalized spacial score (nSPS) is 10.8. The van der Waals surface area contributed by atoms with Crippen molar-refractivity contribution in [3.63, 3.8) is 0 Å². The van der Waals surface area contributed by atoms with E-state index in [1.54, 1.807) is 18.2 Å². The minimum absolute atomic E-state index is 0.0296. The fourth-order valence-electron chi connectivity index (χ4n) is 2.81. The fourth-order valence-corrected chi connectivity index (χ4v) is 2.81. The molecule has 0 aliphatic carbocycles. The van der Waals surface area contributed by atoms with Crippen LogP contribution in [0.5, 0.6) is 5.88 Å². The Morgan fingerprint density at radius 1 is 0.967 bits per heavy atom. The lowest BCUT2D eigenvalue weighted by Gasteiger charge is -2.10. The summed E-state index contributed by atoms with van der Waals surface area (Å²) >= 11 is 0. The van der Waals surface area contributed by atoms with Gasteiger partial charge in [-0.1, -0.05) is 23.4 Å². The summed E-state index contributed by atoms with van der Waals surface area (Å²) in [6, 6.07) is 13.8. The van der Waals surface area contributed by atoms with Crippen LogP contribution in [0.4, 0.5) is 16.0 Å². The third kappa shape index (κ3) is 4.60. The first-order valence-corrected chi connectivity index (χ1v) is 9.37. The predicted molar refractivity (Wildman–Crippen MR) is 110 cm³/mol. The lowest BCUT2D eigenvalue weighted by Crippen LogP contribution is -2.03. The van der Waals surface area contributed by atoms with Crippen molar-refractivity contribution in [2.75, 3.05) is 5.32 Å². The molecule has 0 saturated carbocycles. The van der Waals surface area contributed by atoms with Crippen LogP contribution in [0.15, 0.2) is 53.1 Å². The number of benzene rings is 2. The molecule has 2 heterocycles. The third-order valence-electron chi connectivity index (χ3n) is 4.49. The Balaban J connectivity index is 1.45. The molecular weight excluding hydrogens is 385 g/mol. The van der Waals surface area contributed by atoms with Crippen LogP contribution in [-0.4, -0.2) is 20.1 Å². The van der Waals surface area contributed by atoms with Crippen molar-refractivity contribution in [2.45, 2.75) is 27.4 Å². The van der Waals surface area contributed by atoms with Crippen LogP contribution < -0.4 is 10.1 Å². The number of aryl methyl sites for hydroxylation is 3. The molecule has 0 amide bonds. The summed E-state index contributed by atoms with van der Waals surface area (Å²) in [5.41, 5.74) is 4.56. The highest BCUT2D eigenvalue weighted by atomic mass is 19.1. The zero-order valence-corrected chi connectivity index (χ0v) is 16.8. The number of anilines is 2. The Morgan fingerprint density at radius 2 is 1.83 bits per heavy atom. The summed E-state index contributed by atoms with van der Waals surface area (Å²) in [5.74, 6) is 0.993. The van der Waals surface area contributed by atoms with Crippen molar-refractivity contribution in [2.24, 2.45) is 0 Å². The average Bonchev–Trinajstić information content (AvgIpc) is 3.18. The molecule has 0 aliphatic rings. The number of hydrogen-bond acceptors (Lipinski definition) is 7. The van der Waals surface area contributed by atoms with Gasteiger partial charge in [0.15, 0.2) is 6.61 Å². The number of rotatable bonds is 6. The molecule has 4 aromatic rings. The van der Waals surface area contributed by atoms with E-state index in [2.05, 4.69) is 39.3 Å². The van der Waals surface area contributed by atoms with Crippen LogP contribution >= 0.6 is 0 Å². The molecule has 0 radical (unpaired) electrons. The quantitative estimate of drug-likeness (QED) is 0.487. The van der Waals surface area contributed by atoms with E-state index in [9.17, 15) is 4.39 Å². The second-order valence-electron chi connectivity index (χ2n) is 6.91. The minimum atomic E-state index is -0.365. The van der Waals surface area contributed by atoms with Gasteiger partial charge in [0, 0.05) is 23.0 Å². The topological polar surface area (TPSA) is 86.0 Å². The molecule has 152 valence electrons. The standard InChI is InChI=1S/C22H20FN5O2/c1-13-7-8-18(9-14(13)2)25-22-24-15(3)10-19(27-22)29-12-20-26-21(28-30-20)16-5-4-6-17(23)11-16/h4-11H,12H2,1-3H3,(H,24,25,27). The molecule has 1 N–H and O–H groups in total. The SMILES string of the molecule is Cc1cc(OCc2nc(-c3cccc(F)c3)no2)nc(Nc2ccc(C)c(C)c2)n1. The average molecular weight is 405 g/mol. The molecule has 4 rings (SSSR count). The van der Waals surface area contributed by atoms with Crippen molar-refractivity contribution < 1.29 is 13.7 Å². The van der Waals surface area contributed by atoms with E-state index in [1.807, 2.05) is 25.1 Å². The van der Waals surface area contributed by atoms with Gasteiger partial charge in [-0.15, -0.1) is 0 Å². The Hall–Kier alpha value is -3.81. The first kappa shape index (κ1) is 19.5. The van der Waals surface area contributed by atoms with Gasteiger partial charge in [0.1, 0.15) is 5.82 Å². The van der Waals surface area contributed by atoms with Gasteiger partial charge in [-0.2, -0.15) is 9.97 Å². The number of hydrogen-bond donors (Lipinski definition) is 1. The van der Waals surface area contributed by atoms with Crippen molar-refractivity contribution in [1.82, 2.24) is 20.1 Å². The third-order valence-corrected chi connectivity index (χ3v) is 4.49. The van der Waals surface area contributed by atoms with E-state index in [0.717, 1.165) is 11.4 Å². The Morgan fingerprint density at radius 3 is 2.63 bits per heavy atom. The van der Waals surface area contributed by atoms with Gasteiger partial charge in [-0.3, -0.25) is 0 Å². The molecule has 2 aromatic heterocycles. The van der Waals surface area contributed by atoms with Gasteiger partial charge < -0.3 is 14.6 Å². The van der Waals surface area contributed by atoms with Crippen molar-refractivity contribution >= 4 is 11.6 Å². The number of halogens is 1. The lowest BCUT2D eigenvalue weighted by molar-refractivity contribution is 0.235. The maximum absolute atomic E-state index is 13.4. The molecule has 0 spiro atoms. The predicted octanol–water partition coefficient (Wildman–Crippen LogP) is 4.91. The summed E-state index contributed by atoms with van der Waals surface area (Å²) in [6.45, 7) is 6.00. The van der Waals surface area contributed by atoms with Gasteiger partial charge in [0.05, 0.1) is 0 Å². The van der Waals surface area contributed by atoms with Crippen LogP contribution in [0, 0.1) is 26.6 Å². The maximum atomic E-state index is 13.4. The maximum Gasteiger partial charge on any atom is 0.264 e. The van der Waals surface area contributed by atoms with Gasteiger partial charge in [0.2, 0.25) is 17.7 Å². The Labute approximate surface area is 173 Å². The van der Waals surface area contributed by atoms with E-state index < -0.39 is 0 Å². The molecule has 8 heteroatoms. The smallest absolute Gasteiger partial charge is 0.264 e. The second-order valence-corrected chi connectivity index (χ2v) is 6.91. The zero-order chi connectivity index (χ0) is 21.1. The minimum Gasteiger partial charge on any atom is -0.467 e. The summed E-state index contributed by atoms with van der Waals surface area (Å²) < 4.78 is 24.3. The van der Waals surface area contributed by atoms with E-state index in [0.29, 0.717) is 23.2 Å². The van der Waals surface area contributed by atoms with Gasteiger partial charge >= 0.3 is 0 Å². The van der Waals surface area contributed by atoms with E-state index in [1.165, 1.54) is 23.3 Å². The van der Waals surface area contributed by atoms with Crippen molar-refractivity contribution in [3.05, 3.63) is 77.1 Å². The molecule has 0 aliphatic heterocycles. The summed E-state index contributed by atoms with van der Waals surface area (Å²) in [7, 11) is 0. The Kier molecular flexibility index (Phi) is 5.38. The number of ether oxygens (including phenoxy) is 1. The first-order chi connectivity index (χ1) is 14.5. The van der Waals surface area contributed by atoms with Crippen LogP contribution in [0.1, 0.15) is 22.7 Å². The van der Waals surface area contributed by atoms with Crippen molar-refractivity contribution in [1.29, 1.82) is 0 Å². The molecule has 0 atom stereocenters. The monoisotopic (exact) mass is 405 g/mol. The highest BCUT2D eigenvalue weighted by Crippen LogP contribution is 2.21. The number of nitrogens with one attached hydrogen (secondary N) is 1. The number of aromatic nitrogens is 4. The van der Waals surface area contributed by atoms with Crippen LogP contribution in [0.2, 0.25) is 0 Å². The highest BCUT2D eigenvalue weighted by Gasteiger charge is 2.11. The molecule has 0 saturated heterocycles. The van der Waals surface area contributed by atoms with E-state index in [4.69, 9.17) is 9.26 Å². The van der Waals surface area contributed by atoms with Gasteiger partial charge in [0.25, 0.3) is 5.89 Å². The summed E-state index contributed by atoms with van der Waals surface area (Å²) in [4.78, 5) is 13.0. The van der Waals surface area contributed by atoms with Crippen LogP contribution in [0.25, 0.3) is 11.4 Å². The second kappa shape index (κ2) is 8.28. The molecular formula is C22H20FN5O2. The molecule has 7 nitrogen and oxygen atoms in total. The van der Waals surface area contributed by atoms with Gasteiger partial charge in [-0.25, -0.2) is 9.37 Å². The zero-order valence-electron chi connectivity index (χ0n) is 16.8.